The van der Waals surface area contributed by atoms with Gasteiger partial charge in [0.2, 0.25) is 0 Å². The SMILES string of the molecule is CN=C(NCCCCn1cnnc1)NCCCN(Cc1ccccc1)Cc1ccccc1.I. The van der Waals surface area contributed by atoms with E-state index in [1.165, 1.54) is 11.1 Å². The zero-order valence-corrected chi connectivity index (χ0v) is 21.8. The van der Waals surface area contributed by atoms with Crippen LogP contribution in [0.15, 0.2) is 78.3 Å². The summed E-state index contributed by atoms with van der Waals surface area (Å²) in [5, 5.41) is 14.5. The Bertz CT molecular complexity index is 844. The topological polar surface area (TPSA) is 70.4 Å². The van der Waals surface area contributed by atoms with Gasteiger partial charge in [0, 0.05) is 46.3 Å². The molecule has 1 aromatic heterocycles. The lowest BCUT2D eigenvalue weighted by molar-refractivity contribution is 0.254. The first kappa shape index (κ1) is 26.8. The van der Waals surface area contributed by atoms with Crippen LogP contribution in [0, 0.1) is 0 Å². The van der Waals surface area contributed by atoms with E-state index >= 15 is 0 Å². The summed E-state index contributed by atoms with van der Waals surface area (Å²) >= 11 is 0. The summed E-state index contributed by atoms with van der Waals surface area (Å²) in [4.78, 5) is 6.85. The fourth-order valence-corrected chi connectivity index (χ4v) is 3.59. The number of benzene rings is 2. The summed E-state index contributed by atoms with van der Waals surface area (Å²) in [5.41, 5.74) is 2.70. The normalized spacial score (nSPS) is 11.3. The van der Waals surface area contributed by atoms with Gasteiger partial charge in [0.25, 0.3) is 0 Å². The third kappa shape index (κ3) is 10.8. The largest absolute Gasteiger partial charge is 0.356 e. The molecule has 2 N–H and O–H groups in total. The number of rotatable bonds is 13. The van der Waals surface area contributed by atoms with Crippen molar-refractivity contribution in [3.05, 3.63) is 84.4 Å². The Labute approximate surface area is 214 Å². The van der Waals surface area contributed by atoms with Gasteiger partial charge in [-0.05, 0) is 30.4 Å². The molecule has 0 atom stereocenters. The second-order valence-electron chi connectivity index (χ2n) is 7.87. The Kier molecular flexibility index (Phi) is 13.2. The van der Waals surface area contributed by atoms with E-state index in [-0.39, 0.29) is 24.0 Å². The highest BCUT2D eigenvalue weighted by Gasteiger charge is 2.07. The van der Waals surface area contributed by atoms with Crippen molar-refractivity contribution in [1.29, 1.82) is 0 Å². The van der Waals surface area contributed by atoms with Crippen LogP contribution in [0.25, 0.3) is 0 Å². The highest BCUT2D eigenvalue weighted by Crippen LogP contribution is 2.10. The van der Waals surface area contributed by atoms with E-state index in [2.05, 4.69) is 91.4 Å². The van der Waals surface area contributed by atoms with Crippen LogP contribution in [0.2, 0.25) is 0 Å². The van der Waals surface area contributed by atoms with Crippen molar-refractivity contribution in [2.24, 2.45) is 4.99 Å². The van der Waals surface area contributed by atoms with E-state index in [9.17, 15) is 0 Å². The molecule has 33 heavy (non-hydrogen) atoms. The van der Waals surface area contributed by atoms with Crippen LogP contribution >= 0.6 is 24.0 Å². The van der Waals surface area contributed by atoms with Crippen LogP contribution in [0.1, 0.15) is 30.4 Å². The lowest BCUT2D eigenvalue weighted by Gasteiger charge is -2.23. The first-order valence-corrected chi connectivity index (χ1v) is 11.4. The summed E-state index contributed by atoms with van der Waals surface area (Å²) in [6, 6.07) is 21.4. The summed E-state index contributed by atoms with van der Waals surface area (Å²) < 4.78 is 2.00. The first-order chi connectivity index (χ1) is 15.8. The Morgan fingerprint density at radius 2 is 1.36 bits per heavy atom. The second kappa shape index (κ2) is 16.2. The van der Waals surface area contributed by atoms with E-state index < -0.39 is 0 Å². The predicted molar refractivity (Wildman–Crippen MR) is 146 cm³/mol. The molecule has 3 aromatic rings. The van der Waals surface area contributed by atoms with Gasteiger partial charge in [-0.3, -0.25) is 9.89 Å². The number of nitrogens with zero attached hydrogens (tertiary/aromatic N) is 5. The number of unbranched alkanes of at least 4 members (excludes halogenated alkanes) is 1. The minimum atomic E-state index is 0. The smallest absolute Gasteiger partial charge is 0.190 e. The van der Waals surface area contributed by atoms with Crippen molar-refractivity contribution in [3.8, 4) is 0 Å². The summed E-state index contributed by atoms with van der Waals surface area (Å²) in [5.74, 6) is 0.868. The van der Waals surface area contributed by atoms with Crippen molar-refractivity contribution in [2.75, 3.05) is 26.7 Å². The molecule has 178 valence electrons. The van der Waals surface area contributed by atoms with Gasteiger partial charge in [-0.25, -0.2) is 0 Å². The summed E-state index contributed by atoms with van der Waals surface area (Å²) in [7, 11) is 1.82. The number of halogens is 1. The standard InChI is InChI=1S/C25H35N7.HI/c1-26-25(27-15-8-9-17-32-21-29-30-22-32)28-16-10-18-31(19-23-11-4-2-5-12-23)20-24-13-6-3-7-14-24;/h2-7,11-14,21-22H,8-10,15-20H2,1H3,(H2,26,27,28);1H. The Balaban J connectivity index is 0.00000385. The molecule has 0 aliphatic heterocycles. The number of aromatic nitrogens is 3. The van der Waals surface area contributed by atoms with E-state index in [0.717, 1.165) is 64.5 Å². The van der Waals surface area contributed by atoms with Gasteiger partial charge in [0.05, 0.1) is 0 Å². The van der Waals surface area contributed by atoms with Crippen LogP contribution in [-0.2, 0) is 19.6 Å². The lowest BCUT2D eigenvalue weighted by atomic mass is 10.1. The number of guanidine groups is 1. The van der Waals surface area contributed by atoms with Crippen LogP contribution in [0.4, 0.5) is 0 Å². The minimum Gasteiger partial charge on any atom is -0.356 e. The average molecular weight is 562 g/mol. The molecule has 2 aromatic carbocycles. The molecular weight excluding hydrogens is 525 g/mol. The molecule has 0 unspecified atom stereocenters. The van der Waals surface area contributed by atoms with E-state index in [0.29, 0.717) is 0 Å². The lowest BCUT2D eigenvalue weighted by Crippen LogP contribution is -2.39. The van der Waals surface area contributed by atoms with E-state index in [4.69, 9.17) is 0 Å². The van der Waals surface area contributed by atoms with Gasteiger partial charge in [-0.2, -0.15) is 0 Å². The minimum absolute atomic E-state index is 0. The second-order valence-corrected chi connectivity index (χ2v) is 7.87. The van der Waals surface area contributed by atoms with Gasteiger partial charge < -0.3 is 15.2 Å². The van der Waals surface area contributed by atoms with Crippen molar-refractivity contribution in [2.45, 2.75) is 38.9 Å². The molecular formula is C25H36IN7. The van der Waals surface area contributed by atoms with Gasteiger partial charge >= 0.3 is 0 Å². The molecule has 0 fully saturated rings. The van der Waals surface area contributed by atoms with Crippen LogP contribution in [0.3, 0.4) is 0 Å². The summed E-state index contributed by atoms with van der Waals surface area (Å²) in [6.07, 6.45) is 6.71. The van der Waals surface area contributed by atoms with Gasteiger partial charge in [-0.15, -0.1) is 34.2 Å². The fourth-order valence-electron chi connectivity index (χ4n) is 3.59. The molecule has 3 rings (SSSR count). The number of aliphatic imine (C=N–C) groups is 1. The van der Waals surface area contributed by atoms with Crippen LogP contribution in [-0.4, -0.2) is 52.3 Å². The Hall–Kier alpha value is -2.46. The van der Waals surface area contributed by atoms with Crippen LogP contribution in [0.5, 0.6) is 0 Å². The average Bonchev–Trinajstić information content (AvgIpc) is 3.35. The molecule has 0 bridgehead atoms. The highest BCUT2D eigenvalue weighted by atomic mass is 127. The predicted octanol–water partition coefficient (Wildman–Crippen LogP) is 3.93. The number of nitrogens with one attached hydrogen (secondary N) is 2. The van der Waals surface area contributed by atoms with E-state index in [1.807, 2.05) is 11.6 Å². The third-order valence-electron chi connectivity index (χ3n) is 5.27. The fraction of sp³-hybridized carbons (Fsp3) is 0.400. The number of hydrogen-bond donors (Lipinski definition) is 2. The maximum Gasteiger partial charge on any atom is 0.190 e. The molecule has 0 saturated carbocycles. The zero-order chi connectivity index (χ0) is 22.3. The van der Waals surface area contributed by atoms with Crippen LogP contribution < -0.4 is 10.6 Å². The zero-order valence-electron chi connectivity index (χ0n) is 19.4. The molecule has 0 spiro atoms. The van der Waals surface area contributed by atoms with Crippen molar-refractivity contribution < 1.29 is 0 Å². The molecule has 1 heterocycles. The van der Waals surface area contributed by atoms with Gasteiger partial charge in [0.1, 0.15) is 12.7 Å². The third-order valence-corrected chi connectivity index (χ3v) is 5.27. The molecule has 0 aliphatic carbocycles. The number of hydrogen-bond acceptors (Lipinski definition) is 4. The van der Waals surface area contributed by atoms with Gasteiger partial charge in [-0.1, -0.05) is 60.7 Å². The maximum atomic E-state index is 4.34. The Morgan fingerprint density at radius 1 is 0.818 bits per heavy atom. The van der Waals surface area contributed by atoms with Crippen molar-refractivity contribution in [3.63, 3.8) is 0 Å². The van der Waals surface area contributed by atoms with E-state index in [1.54, 1.807) is 12.7 Å². The quantitative estimate of drug-likeness (QED) is 0.143. The monoisotopic (exact) mass is 561 g/mol. The number of aryl methyl sites for hydroxylation is 1. The molecule has 0 saturated heterocycles. The highest BCUT2D eigenvalue weighted by molar-refractivity contribution is 14.0. The molecule has 0 amide bonds. The molecule has 8 heteroatoms. The first-order valence-electron chi connectivity index (χ1n) is 11.4. The molecule has 0 aliphatic rings. The summed E-state index contributed by atoms with van der Waals surface area (Å²) in [6.45, 7) is 5.66. The van der Waals surface area contributed by atoms with Crippen molar-refractivity contribution in [1.82, 2.24) is 30.3 Å². The molecule has 7 nitrogen and oxygen atoms in total. The molecule has 0 radical (unpaired) electrons. The van der Waals surface area contributed by atoms with Gasteiger partial charge in [0.15, 0.2) is 5.96 Å². The van der Waals surface area contributed by atoms with Crippen molar-refractivity contribution >= 4 is 29.9 Å². The maximum absolute atomic E-state index is 4.34. The Morgan fingerprint density at radius 3 is 1.91 bits per heavy atom.